The fourth-order valence-electron chi connectivity index (χ4n) is 1.14. The van der Waals surface area contributed by atoms with Crippen molar-refractivity contribution in [1.29, 1.82) is 0 Å². The third kappa shape index (κ3) is 1.39. The number of aliphatic hydroxyl groups is 2. The Bertz CT molecular complexity index is 326. The number of hydrogen-bond donors (Lipinski definition) is 2. The van der Waals surface area contributed by atoms with E-state index in [1.807, 2.05) is 0 Å². The average Bonchev–Trinajstić information content (AvgIpc) is 2.33. The lowest BCUT2D eigenvalue weighted by Gasteiger charge is -2.25. The first-order chi connectivity index (χ1) is 6.28. The molecule has 1 rings (SSSR count). The highest BCUT2D eigenvalue weighted by molar-refractivity contribution is 6.04. The van der Waals surface area contributed by atoms with Crippen molar-refractivity contribution >= 4 is 11.6 Å². The summed E-state index contributed by atoms with van der Waals surface area (Å²) in [4.78, 5) is 22.4. The van der Waals surface area contributed by atoms with Crippen LogP contribution >= 0.6 is 0 Å². The number of ketones is 2. The summed E-state index contributed by atoms with van der Waals surface area (Å²) in [5.74, 6) is -1.85. The van der Waals surface area contributed by atoms with Crippen LogP contribution in [0.4, 0.5) is 0 Å². The number of carbonyl (C=O) groups excluding carboxylic acids is 2. The molecule has 0 radical (unpaired) electrons. The van der Waals surface area contributed by atoms with E-state index in [0.29, 0.717) is 0 Å². The average molecular weight is 200 g/mol. The first kappa shape index (κ1) is 10.7. The molecule has 0 fully saturated rings. The van der Waals surface area contributed by atoms with Crippen molar-refractivity contribution in [2.75, 3.05) is 0 Å². The normalized spacial score (nSPS) is 26.0. The molecule has 0 aromatic heterocycles. The van der Waals surface area contributed by atoms with Crippen LogP contribution in [0.1, 0.15) is 20.8 Å². The van der Waals surface area contributed by atoms with E-state index in [1.165, 1.54) is 13.8 Å². The largest absolute Gasteiger partial charge is 0.502 e. The minimum Gasteiger partial charge on any atom is -0.502 e. The summed E-state index contributed by atoms with van der Waals surface area (Å²) in [6, 6.07) is 0. The van der Waals surface area contributed by atoms with E-state index in [0.717, 1.165) is 6.92 Å². The fraction of sp³-hybridized carbons (Fsp3) is 0.556. The third-order valence-corrected chi connectivity index (χ3v) is 2.32. The second-order valence-corrected chi connectivity index (χ2v) is 3.47. The van der Waals surface area contributed by atoms with Gasteiger partial charge < -0.3 is 14.9 Å². The first-order valence-electron chi connectivity index (χ1n) is 4.12. The van der Waals surface area contributed by atoms with E-state index >= 15 is 0 Å². The minimum absolute atomic E-state index is 0.0292. The van der Waals surface area contributed by atoms with Gasteiger partial charge in [-0.25, -0.2) is 0 Å². The van der Waals surface area contributed by atoms with Gasteiger partial charge in [0.05, 0.1) is 0 Å². The highest BCUT2D eigenvalue weighted by Gasteiger charge is 2.48. The lowest BCUT2D eigenvalue weighted by molar-refractivity contribution is -0.152. The summed E-state index contributed by atoms with van der Waals surface area (Å²) in [5.41, 5.74) is -1.90. The molecule has 0 saturated heterocycles. The number of carbonyl (C=O) groups is 2. The molecule has 1 aliphatic rings. The van der Waals surface area contributed by atoms with Gasteiger partial charge in [0.2, 0.25) is 11.5 Å². The molecule has 14 heavy (non-hydrogen) atoms. The van der Waals surface area contributed by atoms with Gasteiger partial charge in [-0.15, -0.1) is 0 Å². The molecule has 1 aliphatic heterocycles. The maximum Gasteiger partial charge on any atom is 0.244 e. The highest BCUT2D eigenvalue weighted by Crippen LogP contribution is 2.27. The predicted molar refractivity (Wildman–Crippen MR) is 46.5 cm³/mol. The van der Waals surface area contributed by atoms with Crippen LogP contribution in [-0.4, -0.2) is 33.5 Å². The molecule has 2 unspecified atom stereocenters. The molecule has 5 heteroatoms. The van der Waals surface area contributed by atoms with Crippen molar-refractivity contribution in [1.82, 2.24) is 0 Å². The first-order valence-corrected chi connectivity index (χ1v) is 4.12. The molecule has 0 aromatic rings. The second kappa shape index (κ2) is 3.09. The van der Waals surface area contributed by atoms with Crippen molar-refractivity contribution in [2.45, 2.75) is 32.5 Å². The van der Waals surface area contributed by atoms with Gasteiger partial charge in [0, 0.05) is 0 Å². The van der Waals surface area contributed by atoms with E-state index in [4.69, 9.17) is 9.84 Å². The molecule has 2 N–H and O–H groups in total. The van der Waals surface area contributed by atoms with E-state index in [9.17, 15) is 14.7 Å². The minimum atomic E-state index is -1.90. The monoisotopic (exact) mass is 200 g/mol. The van der Waals surface area contributed by atoms with Crippen LogP contribution in [0.3, 0.4) is 0 Å². The molecule has 0 aromatic carbocycles. The topological polar surface area (TPSA) is 83.8 Å². The number of Topliss-reactive ketones (excluding diaryl/α,β-unsaturated/α-hetero) is 2. The number of aliphatic hydroxyl groups excluding tert-OH is 1. The van der Waals surface area contributed by atoms with Gasteiger partial charge in [-0.3, -0.25) is 9.59 Å². The second-order valence-electron chi connectivity index (χ2n) is 3.47. The molecule has 0 spiro atoms. The predicted octanol–water partition coefficient (Wildman–Crippen LogP) is 0.0838. The quantitative estimate of drug-likeness (QED) is 0.659. The van der Waals surface area contributed by atoms with Crippen LogP contribution in [0.15, 0.2) is 11.5 Å². The van der Waals surface area contributed by atoms with Crippen LogP contribution in [-0.2, 0) is 14.3 Å². The van der Waals surface area contributed by atoms with Gasteiger partial charge in [0.15, 0.2) is 17.5 Å². The van der Waals surface area contributed by atoms with E-state index < -0.39 is 29.0 Å². The van der Waals surface area contributed by atoms with Gasteiger partial charge in [0.1, 0.15) is 5.76 Å². The smallest absolute Gasteiger partial charge is 0.244 e. The van der Waals surface area contributed by atoms with Crippen molar-refractivity contribution in [3.63, 3.8) is 0 Å². The summed E-state index contributed by atoms with van der Waals surface area (Å²) in [5, 5.41) is 18.8. The highest BCUT2D eigenvalue weighted by atomic mass is 16.5. The van der Waals surface area contributed by atoms with Gasteiger partial charge in [-0.05, 0) is 20.8 Å². The summed E-state index contributed by atoms with van der Waals surface area (Å²) in [7, 11) is 0. The summed E-state index contributed by atoms with van der Waals surface area (Å²) >= 11 is 0. The van der Waals surface area contributed by atoms with Crippen molar-refractivity contribution in [3.8, 4) is 0 Å². The Hall–Kier alpha value is -1.36. The number of hydrogen-bond acceptors (Lipinski definition) is 5. The molecule has 78 valence electrons. The molecule has 0 amide bonds. The van der Waals surface area contributed by atoms with Crippen LogP contribution < -0.4 is 0 Å². The van der Waals surface area contributed by atoms with Crippen LogP contribution in [0, 0.1) is 0 Å². The number of rotatable bonds is 2. The van der Waals surface area contributed by atoms with Gasteiger partial charge in [0.25, 0.3) is 0 Å². The SMILES string of the molecule is CC(=O)C(C)(O)C1OC(C)=C(O)C1=O. The standard InChI is InChI=1S/C9H12O5/c1-4-6(11)7(12)8(14-4)9(3,13)5(2)10/h8,11,13H,1-3H3. The fourth-order valence-corrected chi connectivity index (χ4v) is 1.14. The summed E-state index contributed by atoms with van der Waals surface area (Å²) < 4.78 is 4.92. The molecule has 0 aliphatic carbocycles. The lowest BCUT2D eigenvalue weighted by atomic mass is 9.92. The zero-order chi connectivity index (χ0) is 11.1. The maximum atomic E-state index is 11.3. The lowest BCUT2D eigenvalue weighted by Crippen LogP contribution is -2.49. The molecular weight excluding hydrogens is 188 g/mol. The van der Waals surface area contributed by atoms with E-state index in [1.54, 1.807) is 0 Å². The van der Waals surface area contributed by atoms with Crippen molar-refractivity contribution in [2.24, 2.45) is 0 Å². The van der Waals surface area contributed by atoms with Crippen LogP contribution in [0.5, 0.6) is 0 Å². The van der Waals surface area contributed by atoms with Crippen molar-refractivity contribution < 1.29 is 24.5 Å². The zero-order valence-corrected chi connectivity index (χ0v) is 8.20. The Kier molecular flexibility index (Phi) is 2.37. The Morgan fingerprint density at radius 2 is 2.07 bits per heavy atom. The Morgan fingerprint density at radius 1 is 1.57 bits per heavy atom. The van der Waals surface area contributed by atoms with Crippen molar-refractivity contribution in [3.05, 3.63) is 11.5 Å². The molecule has 0 saturated carbocycles. The zero-order valence-electron chi connectivity index (χ0n) is 8.20. The number of ether oxygens (including phenoxy) is 1. The molecule has 0 bridgehead atoms. The molecule has 5 nitrogen and oxygen atoms in total. The third-order valence-electron chi connectivity index (χ3n) is 2.32. The Morgan fingerprint density at radius 3 is 2.36 bits per heavy atom. The molecular formula is C9H12O5. The molecule has 2 atom stereocenters. The van der Waals surface area contributed by atoms with Gasteiger partial charge >= 0.3 is 0 Å². The Labute approximate surface area is 81.0 Å². The maximum absolute atomic E-state index is 11.3. The van der Waals surface area contributed by atoms with Gasteiger partial charge in [-0.1, -0.05) is 0 Å². The number of allylic oxidation sites excluding steroid dienone is 1. The van der Waals surface area contributed by atoms with Crippen LogP contribution in [0.25, 0.3) is 0 Å². The van der Waals surface area contributed by atoms with Gasteiger partial charge in [-0.2, -0.15) is 0 Å². The summed E-state index contributed by atoms with van der Waals surface area (Å²) in [6.45, 7) is 3.73. The van der Waals surface area contributed by atoms with Crippen LogP contribution in [0.2, 0.25) is 0 Å². The summed E-state index contributed by atoms with van der Waals surface area (Å²) in [6.07, 6.45) is -1.33. The van der Waals surface area contributed by atoms with E-state index in [2.05, 4.69) is 0 Å². The van der Waals surface area contributed by atoms with E-state index in [-0.39, 0.29) is 5.76 Å². The Balaban J connectivity index is 2.97. The molecule has 1 heterocycles.